The topological polar surface area (TPSA) is 57.4 Å². The number of rotatable bonds is 0. The van der Waals surface area contributed by atoms with Crippen LogP contribution in [0.25, 0.3) is 33.2 Å². The summed E-state index contributed by atoms with van der Waals surface area (Å²) in [5, 5.41) is 0. The number of aromatic amines is 2. The quantitative estimate of drug-likeness (QED) is 0.445. The third kappa shape index (κ3) is 2.28. The van der Waals surface area contributed by atoms with Crippen LogP contribution in [0.3, 0.4) is 0 Å². The summed E-state index contributed by atoms with van der Waals surface area (Å²) < 4.78 is 0. The third-order valence-electron chi connectivity index (χ3n) is 5.95. The van der Waals surface area contributed by atoms with Crippen LogP contribution in [0.1, 0.15) is 52.2 Å². The van der Waals surface area contributed by atoms with Gasteiger partial charge in [0.15, 0.2) is 0 Å². The Labute approximate surface area is 153 Å². The first-order chi connectivity index (χ1) is 12.3. The summed E-state index contributed by atoms with van der Waals surface area (Å²) >= 11 is 0. The molecule has 26 heavy (non-hydrogen) atoms. The lowest BCUT2D eigenvalue weighted by atomic mass is 9.78. The minimum absolute atomic E-state index is 0.0179. The van der Waals surface area contributed by atoms with Gasteiger partial charge >= 0.3 is 0 Å². The highest BCUT2D eigenvalue weighted by Gasteiger charge is 2.31. The zero-order valence-corrected chi connectivity index (χ0v) is 15.8. The van der Waals surface area contributed by atoms with Crippen LogP contribution in [-0.4, -0.2) is 19.9 Å². The Morgan fingerprint density at radius 1 is 0.692 bits per heavy atom. The molecule has 0 aliphatic carbocycles. The normalized spacial score (nSPS) is 18.3. The van der Waals surface area contributed by atoms with Gasteiger partial charge in [-0.1, -0.05) is 39.8 Å². The zero-order chi connectivity index (χ0) is 18.1. The fourth-order valence-electron chi connectivity index (χ4n) is 3.88. The van der Waals surface area contributed by atoms with Gasteiger partial charge in [0.1, 0.15) is 11.6 Å². The Hall–Kier alpha value is -2.62. The van der Waals surface area contributed by atoms with Gasteiger partial charge in [-0.05, 0) is 48.2 Å². The number of nitrogens with zero attached hydrogens (tertiary/aromatic N) is 2. The Morgan fingerprint density at radius 3 is 1.54 bits per heavy atom. The fraction of sp³-hybridized carbons (Fsp3) is 0.364. The van der Waals surface area contributed by atoms with Crippen molar-refractivity contribution in [2.24, 2.45) is 0 Å². The number of fused-ring (bicyclic) bond motifs is 5. The summed E-state index contributed by atoms with van der Waals surface area (Å²) in [5.74, 6) is 2.13. The van der Waals surface area contributed by atoms with Crippen LogP contribution in [-0.2, 0) is 10.8 Å². The van der Waals surface area contributed by atoms with Crippen LogP contribution in [0.4, 0.5) is 0 Å². The molecule has 0 spiro atoms. The maximum atomic E-state index is 4.89. The molecular weight excluding hydrogens is 320 g/mol. The molecule has 2 aromatic heterocycles. The van der Waals surface area contributed by atoms with Crippen molar-refractivity contribution in [2.75, 3.05) is 0 Å². The first-order valence-electron chi connectivity index (χ1n) is 9.33. The second-order valence-corrected chi connectivity index (χ2v) is 8.90. The van der Waals surface area contributed by atoms with Crippen LogP contribution in [0.2, 0.25) is 0 Å². The Balaban J connectivity index is 1.80. The van der Waals surface area contributed by atoms with Crippen LogP contribution >= 0.6 is 0 Å². The third-order valence-corrected chi connectivity index (χ3v) is 5.95. The van der Waals surface area contributed by atoms with Gasteiger partial charge in [0, 0.05) is 10.8 Å². The highest BCUT2D eigenvalue weighted by molar-refractivity contribution is 5.86. The van der Waals surface area contributed by atoms with Crippen molar-refractivity contribution >= 4 is 22.1 Å². The van der Waals surface area contributed by atoms with E-state index in [1.807, 2.05) is 0 Å². The van der Waals surface area contributed by atoms with Crippen LogP contribution in [0.15, 0.2) is 36.4 Å². The molecule has 0 saturated carbocycles. The highest BCUT2D eigenvalue weighted by Crippen LogP contribution is 2.37. The summed E-state index contributed by atoms with van der Waals surface area (Å²) in [6.45, 7) is 9.10. The molecule has 0 unspecified atom stereocenters. The van der Waals surface area contributed by atoms with E-state index < -0.39 is 0 Å². The molecule has 5 rings (SSSR count). The van der Waals surface area contributed by atoms with Crippen molar-refractivity contribution < 1.29 is 0 Å². The van der Waals surface area contributed by atoms with Crippen LogP contribution in [0.5, 0.6) is 0 Å². The molecule has 0 fully saturated rings. The first-order valence-corrected chi connectivity index (χ1v) is 9.33. The molecule has 3 heterocycles. The predicted molar refractivity (Wildman–Crippen MR) is 106 cm³/mol. The number of nitrogens with one attached hydrogen (secondary N) is 2. The number of aromatic nitrogens is 4. The van der Waals surface area contributed by atoms with Crippen LogP contribution < -0.4 is 0 Å². The molecular formula is C22H24N4. The number of hydrogen-bond acceptors (Lipinski definition) is 2. The number of hydrogen-bond donors (Lipinski definition) is 2. The van der Waals surface area contributed by atoms with E-state index in [1.165, 1.54) is 11.1 Å². The highest BCUT2D eigenvalue weighted by atomic mass is 14.9. The van der Waals surface area contributed by atoms with Gasteiger partial charge in [-0.25, -0.2) is 9.97 Å². The van der Waals surface area contributed by atoms with Crippen molar-refractivity contribution in [1.29, 1.82) is 0 Å². The van der Waals surface area contributed by atoms with Gasteiger partial charge in [0.25, 0.3) is 0 Å². The lowest BCUT2D eigenvalue weighted by Crippen LogP contribution is -2.26. The monoisotopic (exact) mass is 344 g/mol. The van der Waals surface area contributed by atoms with E-state index in [0.717, 1.165) is 46.6 Å². The molecule has 4 heteroatoms. The van der Waals surface area contributed by atoms with Gasteiger partial charge in [0.05, 0.1) is 22.1 Å². The van der Waals surface area contributed by atoms with E-state index in [4.69, 9.17) is 9.97 Å². The molecule has 0 saturated heterocycles. The van der Waals surface area contributed by atoms with Crippen LogP contribution in [0, 0.1) is 0 Å². The molecule has 6 bridgehead atoms. The molecule has 2 N–H and O–H groups in total. The largest absolute Gasteiger partial charge is 0.342 e. The molecule has 1 aliphatic heterocycles. The summed E-state index contributed by atoms with van der Waals surface area (Å²) in [7, 11) is 0. The second-order valence-electron chi connectivity index (χ2n) is 8.90. The number of benzene rings is 2. The molecule has 4 aromatic rings. The van der Waals surface area contributed by atoms with Crippen molar-refractivity contribution in [1.82, 2.24) is 19.9 Å². The lowest BCUT2D eigenvalue weighted by molar-refractivity contribution is 0.355. The van der Waals surface area contributed by atoms with E-state index in [0.29, 0.717) is 0 Å². The van der Waals surface area contributed by atoms with Crippen molar-refractivity contribution in [3.8, 4) is 11.1 Å². The van der Waals surface area contributed by atoms with E-state index >= 15 is 0 Å². The summed E-state index contributed by atoms with van der Waals surface area (Å²) in [6.07, 6.45) is 2.07. The van der Waals surface area contributed by atoms with E-state index in [9.17, 15) is 0 Å². The lowest BCUT2D eigenvalue weighted by Gasteiger charge is -2.28. The number of H-pyrrole nitrogens is 2. The Bertz CT molecular complexity index is 1050. The average molecular weight is 344 g/mol. The summed E-state index contributed by atoms with van der Waals surface area (Å²) in [4.78, 5) is 16.9. The Morgan fingerprint density at radius 2 is 1.12 bits per heavy atom. The maximum Gasteiger partial charge on any atom is 0.112 e. The van der Waals surface area contributed by atoms with E-state index in [2.05, 4.69) is 74.1 Å². The van der Waals surface area contributed by atoms with Crippen molar-refractivity contribution in [2.45, 2.75) is 51.4 Å². The molecule has 1 aliphatic rings. The fourth-order valence-corrected chi connectivity index (χ4v) is 3.88. The SMILES string of the molecule is CC1(C)CCC(C)(C)c2nc3ccc(cc3[nH]2)-c2ccc3nc1[nH]c3c2. The number of imidazole rings is 2. The molecule has 2 aromatic carbocycles. The van der Waals surface area contributed by atoms with Crippen molar-refractivity contribution in [3.63, 3.8) is 0 Å². The average Bonchev–Trinajstić information content (AvgIpc) is 3.22. The molecule has 4 nitrogen and oxygen atoms in total. The summed E-state index contributed by atoms with van der Waals surface area (Å²) in [5.41, 5.74) is 6.64. The minimum Gasteiger partial charge on any atom is -0.342 e. The molecule has 0 amide bonds. The summed E-state index contributed by atoms with van der Waals surface area (Å²) in [6, 6.07) is 13.0. The van der Waals surface area contributed by atoms with Crippen molar-refractivity contribution in [3.05, 3.63) is 48.0 Å². The van der Waals surface area contributed by atoms with Gasteiger partial charge in [-0.15, -0.1) is 0 Å². The minimum atomic E-state index is -0.0179. The van der Waals surface area contributed by atoms with Gasteiger partial charge < -0.3 is 9.97 Å². The predicted octanol–water partition coefficient (Wildman–Crippen LogP) is 5.46. The van der Waals surface area contributed by atoms with E-state index in [1.54, 1.807) is 0 Å². The Kier molecular flexibility index (Phi) is 2.98. The van der Waals surface area contributed by atoms with Gasteiger partial charge in [-0.2, -0.15) is 0 Å². The standard InChI is InChI=1S/C22H24N4/c1-21(2)9-10-22(3,4)20-24-16-8-6-14(12-18(16)26-20)13-5-7-15-17(11-13)25-19(21)23-15/h5-8,11-12H,9-10H2,1-4H3,(H,23,25)(H,24,26). The zero-order valence-electron chi connectivity index (χ0n) is 15.8. The smallest absolute Gasteiger partial charge is 0.112 e. The molecule has 0 atom stereocenters. The van der Waals surface area contributed by atoms with Gasteiger partial charge in [-0.3, -0.25) is 0 Å². The molecule has 132 valence electrons. The van der Waals surface area contributed by atoms with Gasteiger partial charge in [0.2, 0.25) is 0 Å². The maximum absolute atomic E-state index is 4.89. The molecule has 0 radical (unpaired) electrons. The second kappa shape index (κ2) is 4.97. The first kappa shape index (κ1) is 15.6. The van der Waals surface area contributed by atoms with E-state index in [-0.39, 0.29) is 10.8 Å².